The number of nitriles is 1. The van der Waals surface area contributed by atoms with Crippen molar-refractivity contribution in [3.05, 3.63) is 427 Å². The highest BCUT2D eigenvalue weighted by molar-refractivity contribution is 6.31. The minimum Gasteiger partial charge on any atom is -0.342 e. The smallest absolute Gasteiger partial charge is 0.189 e. The molecule has 0 saturated heterocycles. The van der Waals surface area contributed by atoms with E-state index in [1.165, 1.54) is 131 Å². The molecule has 3 aliphatic rings. The third-order valence-electron chi connectivity index (χ3n) is 24.9. The summed E-state index contributed by atoms with van der Waals surface area (Å²) in [6.45, 7) is 17.9. The lowest BCUT2D eigenvalue weighted by Crippen LogP contribution is -2.14. The van der Waals surface area contributed by atoms with Gasteiger partial charge >= 0.3 is 0 Å². The lowest BCUT2D eigenvalue weighted by atomic mass is 9.92. The number of benzene rings is 21. The van der Waals surface area contributed by atoms with Crippen LogP contribution in [0.2, 0.25) is 0 Å². The molecule has 0 N–H and O–H groups in total. The molecule has 0 unspecified atom stereocenters. The Kier molecular flexibility index (Phi) is 17.3. The largest absolute Gasteiger partial charge is 0.342 e. The molecule has 0 atom stereocenters. The van der Waals surface area contributed by atoms with Crippen molar-refractivity contribution in [2.24, 2.45) is 0 Å². The number of hydrogen-bond donors (Lipinski definition) is 0. The van der Waals surface area contributed by atoms with Gasteiger partial charge in [0.1, 0.15) is 6.07 Å². The van der Waals surface area contributed by atoms with E-state index in [0.717, 1.165) is 107 Å². The molecule has 9 nitrogen and oxygen atoms in total. The Balaban J connectivity index is 0.000000108. The maximum atomic E-state index is 10.0. The molecule has 0 saturated carbocycles. The molecule has 24 rings (SSSR count). The SMILES string of the molecule is [C-]#[N+]c1ccc2c(c1)N(c1ccc3ccc4c(N(c5ccccc5)c5ccccc5)ccc5ccc1c3c54)CC2.[C-]#[N+]c1ccc2c(c1)N(c1ccc3ccc4c(N(c5ccccc5)c5ccccc5C#N)ccc5ccc1c3c54)CC2.c1ccc(N(c2ccccc2)c2ccc3ccc4c(N5CCc6ccccc65)ccc5ccc2c3c54)cc1. The molecule has 9 heteroatoms. The zero-order chi connectivity index (χ0) is 79.9. The highest BCUT2D eigenvalue weighted by atomic mass is 15.2. The number of fused-ring (bicyclic) bond motifs is 3. The van der Waals surface area contributed by atoms with E-state index in [2.05, 4.69) is 361 Å². The van der Waals surface area contributed by atoms with E-state index in [4.69, 9.17) is 13.1 Å². The summed E-state index contributed by atoms with van der Waals surface area (Å²) in [5.74, 6) is 0. The molecule has 21 aromatic carbocycles. The Hall–Kier alpha value is -16.0. The number of hydrogen-bond acceptors (Lipinski definition) is 7. The predicted octanol–water partition coefficient (Wildman–Crippen LogP) is 30.2. The number of rotatable bonds is 12. The third kappa shape index (κ3) is 11.8. The summed E-state index contributed by atoms with van der Waals surface area (Å²) in [4.78, 5) is 21.6. The molecule has 0 spiro atoms. The van der Waals surface area contributed by atoms with Crippen LogP contribution in [0.25, 0.3) is 107 Å². The summed E-state index contributed by atoms with van der Waals surface area (Å²) in [6.07, 6.45) is 3.04. The van der Waals surface area contributed by atoms with E-state index >= 15 is 0 Å². The fourth-order valence-electron chi connectivity index (χ4n) is 19.5. The summed E-state index contributed by atoms with van der Waals surface area (Å²) >= 11 is 0. The van der Waals surface area contributed by atoms with Gasteiger partial charge in [-0.05, 0) is 228 Å². The summed E-state index contributed by atoms with van der Waals surface area (Å²) in [5.41, 5.74) is 23.1. The van der Waals surface area contributed by atoms with Crippen LogP contribution in [-0.4, -0.2) is 19.6 Å². The van der Waals surface area contributed by atoms with Gasteiger partial charge in [0.15, 0.2) is 11.4 Å². The monoisotopic (exact) mass is 1530 g/mol. The van der Waals surface area contributed by atoms with Crippen LogP contribution in [-0.2, 0) is 19.3 Å². The van der Waals surface area contributed by atoms with Crippen molar-refractivity contribution in [1.82, 2.24) is 0 Å². The Morgan fingerprint density at radius 1 is 0.242 bits per heavy atom. The van der Waals surface area contributed by atoms with Crippen molar-refractivity contribution < 1.29 is 0 Å². The Morgan fingerprint density at radius 2 is 0.525 bits per heavy atom. The number of anilines is 15. The first kappa shape index (κ1) is 70.6. The van der Waals surface area contributed by atoms with Crippen LogP contribution in [0.1, 0.15) is 22.3 Å². The van der Waals surface area contributed by atoms with Gasteiger partial charge in [-0.3, -0.25) is 0 Å². The second-order valence-electron chi connectivity index (χ2n) is 31.3. The maximum absolute atomic E-state index is 10.0. The van der Waals surface area contributed by atoms with E-state index in [1.807, 2.05) is 66.7 Å². The van der Waals surface area contributed by atoms with Crippen LogP contribution in [0, 0.1) is 24.5 Å². The molecule has 21 aromatic rings. The van der Waals surface area contributed by atoms with E-state index in [1.54, 1.807) is 0 Å². The standard InChI is InChI=1S/C38H24N4.C37H25N3.C36H26N2/c1-40-29-16-11-25-21-22-41(36(25)23-29)34-19-14-26-13-18-32-35(20-15-27-12-17-31(34)37(26)38(27)32)42(30-8-3-2-4-9-30)33-10-6-5-7-28(33)24-39;1-38-28-17-12-25-22-23-39(35(25)24-28)33-20-15-26-14-19-32-34(21-16-27-13-18-31(33)36(26)37(27)32)40(29-8-4-2-5-9-29)30-10-6-3-7-11-30;1-3-10-28(11-4-1)38(29-12-5-2-6-13-29)34-22-18-27-15-19-30-33(37-24-23-25-9-7-8-14-32(25)37)21-17-26-16-20-31(34)36(27)35(26)30/h2-20,23H,21-22H2;2-21,24H,22-23H2;1-22H,23-24H2. The first-order valence-electron chi connectivity index (χ1n) is 41.1. The highest BCUT2D eigenvalue weighted by Gasteiger charge is 2.30. The van der Waals surface area contributed by atoms with Crippen molar-refractivity contribution in [3.63, 3.8) is 0 Å². The average molecular weight is 1530 g/mol. The molecule has 0 fully saturated rings. The van der Waals surface area contributed by atoms with Crippen LogP contribution >= 0.6 is 0 Å². The summed E-state index contributed by atoms with van der Waals surface area (Å²) in [7, 11) is 0. The average Bonchev–Trinajstić information content (AvgIpc) is 0.995. The quantitative estimate of drug-likeness (QED) is 0.0892. The minimum absolute atomic E-state index is 0.626. The number of nitrogens with zero attached hydrogens (tertiary/aromatic N) is 9. The van der Waals surface area contributed by atoms with Crippen LogP contribution in [0.3, 0.4) is 0 Å². The second-order valence-corrected chi connectivity index (χ2v) is 31.3. The molecule has 120 heavy (non-hydrogen) atoms. The first-order valence-corrected chi connectivity index (χ1v) is 41.1. The molecule has 0 aromatic heterocycles. The van der Waals surface area contributed by atoms with Crippen LogP contribution < -0.4 is 29.4 Å². The van der Waals surface area contributed by atoms with Crippen LogP contribution in [0.15, 0.2) is 382 Å². The van der Waals surface area contributed by atoms with Gasteiger partial charge in [0.2, 0.25) is 0 Å². The number of para-hydroxylation sites is 7. The molecular weight excluding hydrogens is 1460 g/mol. The maximum Gasteiger partial charge on any atom is 0.189 e. The summed E-state index contributed by atoms with van der Waals surface area (Å²) in [6, 6.07) is 138. The van der Waals surface area contributed by atoms with Crippen LogP contribution in [0.4, 0.5) is 96.7 Å². The van der Waals surface area contributed by atoms with E-state index in [9.17, 15) is 5.26 Å². The molecule has 0 bridgehead atoms. The van der Waals surface area contributed by atoms with Gasteiger partial charge in [0, 0.05) is 115 Å². The van der Waals surface area contributed by atoms with Crippen molar-refractivity contribution in [2.45, 2.75) is 19.3 Å². The van der Waals surface area contributed by atoms with Crippen molar-refractivity contribution in [2.75, 3.05) is 49.0 Å². The molecule has 564 valence electrons. The lowest BCUT2D eigenvalue weighted by Gasteiger charge is -2.28. The van der Waals surface area contributed by atoms with Gasteiger partial charge in [-0.2, -0.15) is 5.26 Å². The molecule has 0 radical (unpaired) electrons. The van der Waals surface area contributed by atoms with Gasteiger partial charge in [-0.1, -0.05) is 255 Å². The van der Waals surface area contributed by atoms with Gasteiger partial charge in [0.25, 0.3) is 0 Å². The van der Waals surface area contributed by atoms with Gasteiger partial charge in [-0.25, -0.2) is 9.69 Å². The first-order chi connectivity index (χ1) is 59.4. The van der Waals surface area contributed by atoms with Gasteiger partial charge < -0.3 is 29.4 Å². The minimum atomic E-state index is 0.626. The third-order valence-corrected chi connectivity index (χ3v) is 24.9. The predicted molar refractivity (Wildman–Crippen MR) is 503 cm³/mol. The topological polar surface area (TPSA) is 52.0 Å². The van der Waals surface area contributed by atoms with Crippen molar-refractivity contribution >= 4 is 194 Å². The Labute approximate surface area is 696 Å². The normalized spacial score (nSPS) is 12.7. The van der Waals surface area contributed by atoms with E-state index in [-0.39, 0.29) is 0 Å². The van der Waals surface area contributed by atoms with Gasteiger partial charge in [0.05, 0.1) is 41.5 Å². The molecule has 0 amide bonds. The van der Waals surface area contributed by atoms with Crippen LogP contribution in [0.5, 0.6) is 0 Å². The summed E-state index contributed by atoms with van der Waals surface area (Å²) in [5, 5.41) is 32.6. The zero-order valence-corrected chi connectivity index (χ0v) is 65.6. The van der Waals surface area contributed by atoms with Crippen molar-refractivity contribution in [3.8, 4) is 6.07 Å². The zero-order valence-electron chi connectivity index (χ0n) is 65.6. The van der Waals surface area contributed by atoms with Crippen molar-refractivity contribution in [1.29, 1.82) is 5.26 Å². The second kappa shape index (κ2) is 29.4. The fourth-order valence-corrected chi connectivity index (χ4v) is 19.5. The highest BCUT2D eigenvalue weighted by Crippen LogP contribution is 2.53. The molecular formula is C111H75N9. The summed E-state index contributed by atoms with van der Waals surface area (Å²) < 4.78 is 0. The van der Waals surface area contributed by atoms with E-state index < -0.39 is 0 Å². The Morgan fingerprint density at radius 3 is 0.892 bits per heavy atom. The lowest BCUT2D eigenvalue weighted by molar-refractivity contribution is 1.00. The Bertz CT molecular complexity index is 7600. The fraction of sp³-hybridized carbons (Fsp3) is 0.0541. The molecule has 3 heterocycles. The van der Waals surface area contributed by atoms with Gasteiger partial charge in [-0.15, -0.1) is 0 Å². The van der Waals surface area contributed by atoms with E-state index in [0.29, 0.717) is 16.9 Å². The molecule has 3 aliphatic heterocycles. The molecule has 0 aliphatic carbocycles.